The number of pyridine rings is 1. The second-order valence-corrected chi connectivity index (χ2v) is 9.80. The number of nitrogens with one attached hydrogen (secondary N) is 2. The molecule has 196 valence electrons. The van der Waals surface area contributed by atoms with Gasteiger partial charge in [0.2, 0.25) is 0 Å². The van der Waals surface area contributed by atoms with Crippen LogP contribution in [0.2, 0.25) is 0 Å². The highest BCUT2D eigenvalue weighted by Crippen LogP contribution is 2.43. The Kier molecular flexibility index (Phi) is 7.04. The molecule has 0 radical (unpaired) electrons. The molecule has 0 amide bonds. The van der Waals surface area contributed by atoms with Gasteiger partial charge < -0.3 is 5.73 Å². The first kappa shape index (κ1) is 25.7. The van der Waals surface area contributed by atoms with Gasteiger partial charge in [0, 0.05) is 17.5 Å². The third-order valence-electron chi connectivity index (χ3n) is 7.17. The number of nitrogens with two attached hydrogens (primary N) is 1. The van der Waals surface area contributed by atoms with Crippen molar-refractivity contribution in [1.82, 2.24) is 4.98 Å². The maximum absolute atomic E-state index is 7.49. The zero-order valence-electron chi connectivity index (χ0n) is 22.4. The van der Waals surface area contributed by atoms with E-state index in [1.54, 1.807) is 18.3 Å². The number of anilines is 1. The molecule has 0 fully saturated rings. The van der Waals surface area contributed by atoms with Gasteiger partial charge in [-0.05, 0) is 80.2 Å². The highest BCUT2D eigenvalue weighted by Gasteiger charge is 2.16. The molecule has 1 aliphatic carbocycles. The summed E-state index contributed by atoms with van der Waals surface area (Å²) in [5, 5.41) is 19.9. The summed E-state index contributed by atoms with van der Waals surface area (Å²) in [7, 11) is 0. The van der Waals surface area contributed by atoms with Crippen LogP contribution in [0.15, 0.2) is 146 Å². The lowest BCUT2D eigenvalue weighted by Gasteiger charge is -2.17. The second-order valence-electron chi connectivity index (χ2n) is 9.80. The fraction of sp³-hybridized carbons (Fsp3) is 0. The Morgan fingerprint density at radius 3 is 1.51 bits per heavy atom. The summed E-state index contributed by atoms with van der Waals surface area (Å²) in [5.41, 5.74) is 13.9. The minimum Gasteiger partial charge on any atom is -0.399 e. The van der Waals surface area contributed by atoms with E-state index in [0.717, 1.165) is 17.0 Å². The van der Waals surface area contributed by atoms with Crippen molar-refractivity contribution in [2.45, 2.75) is 0 Å². The number of rotatable bonds is 3. The summed E-state index contributed by atoms with van der Waals surface area (Å²) in [6, 6.07) is 41.9. The quantitative estimate of drug-likeness (QED) is 0.122. The lowest BCUT2D eigenvalue weighted by Crippen LogP contribution is -2.09. The van der Waals surface area contributed by atoms with Gasteiger partial charge >= 0.3 is 0 Å². The molecule has 0 saturated heterocycles. The van der Waals surface area contributed by atoms with Crippen LogP contribution in [-0.2, 0) is 0 Å². The van der Waals surface area contributed by atoms with E-state index in [2.05, 4.69) is 96.0 Å². The molecule has 6 aromatic rings. The molecule has 41 heavy (non-hydrogen) atoms. The molecule has 1 aliphatic rings. The zero-order valence-corrected chi connectivity index (χ0v) is 22.4. The van der Waals surface area contributed by atoms with Crippen molar-refractivity contribution in [3.8, 4) is 22.3 Å². The van der Waals surface area contributed by atoms with Gasteiger partial charge in [0.1, 0.15) is 0 Å². The van der Waals surface area contributed by atoms with Crippen molar-refractivity contribution in [2.24, 2.45) is 0 Å². The number of benzene rings is 5. The number of hydrogen-bond acceptors (Lipinski definition) is 4. The van der Waals surface area contributed by atoms with E-state index in [4.69, 9.17) is 16.6 Å². The Morgan fingerprint density at radius 2 is 1.00 bits per heavy atom. The summed E-state index contributed by atoms with van der Waals surface area (Å²) < 4.78 is 0. The Morgan fingerprint density at radius 1 is 0.488 bits per heavy atom. The molecule has 0 unspecified atom stereocenters. The number of nitrogens with zero attached hydrogens (tertiary/aromatic N) is 1. The molecule has 0 aliphatic heterocycles. The fourth-order valence-electron chi connectivity index (χ4n) is 5.24. The maximum Gasteiger partial charge on any atom is 0.0795 e. The standard InChI is InChI=1S/C26H19N.C11H9N3/c27-20-16-14-19(15-17-20)26-23-12-6-4-10-21(23)25(18-8-2-1-3-9-18)22-11-5-7-13-24(22)26;12-9-5-4-8(7-10(9)13)11-3-1-2-6-14-11/h1-17H,27H2;1-7,12-13H. The van der Waals surface area contributed by atoms with Gasteiger partial charge in [-0.25, -0.2) is 0 Å². The monoisotopic (exact) mass is 528 g/mol. The number of nitrogen functional groups attached to an aromatic ring is 1. The molecule has 0 bridgehead atoms. The van der Waals surface area contributed by atoms with Crippen LogP contribution in [0.5, 0.6) is 0 Å². The molecule has 7 rings (SSSR count). The SMILES string of the molecule is N=C1C=CC(c2ccccn2)=CC1=N.Nc1ccc(-c2c3ccccc3c(-c3ccccc3)c3ccccc23)cc1. The summed E-state index contributed by atoms with van der Waals surface area (Å²) >= 11 is 0. The van der Waals surface area contributed by atoms with E-state index in [1.807, 2.05) is 36.4 Å². The molecule has 1 heterocycles. The van der Waals surface area contributed by atoms with Crippen LogP contribution in [0.3, 0.4) is 0 Å². The van der Waals surface area contributed by atoms with Crippen LogP contribution in [0.1, 0.15) is 5.69 Å². The smallest absolute Gasteiger partial charge is 0.0795 e. The van der Waals surface area contributed by atoms with Crippen molar-refractivity contribution in [3.63, 3.8) is 0 Å². The predicted octanol–water partition coefficient (Wildman–Crippen LogP) is 8.98. The van der Waals surface area contributed by atoms with Gasteiger partial charge in [0.25, 0.3) is 0 Å². The first-order chi connectivity index (χ1) is 20.1. The van der Waals surface area contributed by atoms with Crippen molar-refractivity contribution in [2.75, 3.05) is 5.73 Å². The first-order valence-corrected chi connectivity index (χ1v) is 13.4. The van der Waals surface area contributed by atoms with Crippen LogP contribution >= 0.6 is 0 Å². The molecule has 4 N–H and O–H groups in total. The number of allylic oxidation sites excluding steroid dienone is 4. The van der Waals surface area contributed by atoms with E-state index in [-0.39, 0.29) is 11.4 Å². The normalized spacial score (nSPS) is 12.6. The third kappa shape index (κ3) is 5.19. The average Bonchev–Trinajstić information content (AvgIpc) is 3.03. The summed E-state index contributed by atoms with van der Waals surface area (Å²) in [6.07, 6.45) is 6.80. The molecule has 5 aromatic carbocycles. The topological polar surface area (TPSA) is 86.6 Å². The van der Waals surface area contributed by atoms with Crippen LogP contribution in [0.4, 0.5) is 5.69 Å². The lowest BCUT2D eigenvalue weighted by molar-refractivity contribution is 1.28. The van der Waals surface area contributed by atoms with E-state index in [9.17, 15) is 0 Å². The zero-order chi connectivity index (χ0) is 28.2. The van der Waals surface area contributed by atoms with Crippen molar-refractivity contribution < 1.29 is 0 Å². The molecule has 1 aromatic heterocycles. The van der Waals surface area contributed by atoms with Crippen LogP contribution in [0.25, 0.3) is 49.4 Å². The Bertz CT molecular complexity index is 1900. The van der Waals surface area contributed by atoms with Gasteiger partial charge in [-0.3, -0.25) is 15.8 Å². The average molecular weight is 529 g/mol. The van der Waals surface area contributed by atoms with Gasteiger partial charge in [-0.1, -0.05) is 103 Å². The van der Waals surface area contributed by atoms with Gasteiger partial charge in [0.15, 0.2) is 0 Å². The minimum absolute atomic E-state index is 0.230. The van der Waals surface area contributed by atoms with Crippen molar-refractivity contribution in [3.05, 3.63) is 151 Å². The van der Waals surface area contributed by atoms with Crippen molar-refractivity contribution >= 4 is 44.2 Å². The fourth-order valence-corrected chi connectivity index (χ4v) is 5.24. The molecular formula is C37H28N4. The Labute approximate surface area is 239 Å². The van der Waals surface area contributed by atoms with Crippen LogP contribution in [-0.4, -0.2) is 16.4 Å². The summed E-state index contributed by atoms with van der Waals surface area (Å²) in [5.74, 6) is 0. The second kappa shape index (κ2) is 11.2. The van der Waals surface area contributed by atoms with E-state index in [0.29, 0.717) is 0 Å². The van der Waals surface area contributed by atoms with E-state index >= 15 is 0 Å². The number of aromatic nitrogens is 1. The lowest BCUT2D eigenvalue weighted by atomic mass is 9.86. The summed E-state index contributed by atoms with van der Waals surface area (Å²) in [4.78, 5) is 4.18. The largest absolute Gasteiger partial charge is 0.399 e. The van der Waals surface area contributed by atoms with Gasteiger partial charge in [-0.15, -0.1) is 0 Å². The Hall–Kier alpha value is -5.61. The highest BCUT2D eigenvalue weighted by molar-refractivity contribution is 6.50. The highest BCUT2D eigenvalue weighted by atomic mass is 14.7. The van der Waals surface area contributed by atoms with Crippen molar-refractivity contribution in [1.29, 1.82) is 10.8 Å². The third-order valence-corrected chi connectivity index (χ3v) is 7.17. The van der Waals surface area contributed by atoms with E-state index in [1.165, 1.54) is 43.8 Å². The number of fused-ring (bicyclic) bond motifs is 2. The van der Waals surface area contributed by atoms with Gasteiger partial charge in [-0.2, -0.15) is 0 Å². The maximum atomic E-state index is 7.49. The Balaban J connectivity index is 0.000000182. The summed E-state index contributed by atoms with van der Waals surface area (Å²) in [6.45, 7) is 0. The minimum atomic E-state index is 0.230. The number of hydrogen-bond donors (Lipinski definition) is 3. The first-order valence-electron chi connectivity index (χ1n) is 13.4. The van der Waals surface area contributed by atoms with Gasteiger partial charge in [0.05, 0.1) is 17.1 Å². The molecular weight excluding hydrogens is 500 g/mol. The van der Waals surface area contributed by atoms with Crippen LogP contribution < -0.4 is 5.73 Å². The predicted molar refractivity (Wildman–Crippen MR) is 174 cm³/mol. The molecule has 0 saturated carbocycles. The molecule has 4 nitrogen and oxygen atoms in total. The molecule has 4 heteroatoms. The van der Waals surface area contributed by atoms with Crippen LogP contribution in [0, 0.1) is 10.8 Å². The van der Waals surface area contributed by atoms with E-state index < -0.39 is 0 Å². The molecule has 0 spiro atoms. The molecule has 0 atom stereocenters.